The van der Waals surface area contributed by atoms with Crippen LogP contribution in [0, 0.1) is 11.3 Å². The summed E-state index contributed by atoms with van der Waals surface area (Å²) in [7, 11) is 3.10. The molecule has 1 aromatic heterocycles. The molecule has 9 nitrogen and oxygen atoms in total. The lowest BCUT2D eigenvalue weighted by atomic mass is 9.95. The van der Waals surface area contributed by atoms with Crippen LogP contribution in [-0.4, -0.2) is 31.4 Å². The van der Waals surface area contributed by atoms with Crippen molar-refractivity contribution < 1.29 is 23.7 Å². The fourth-order valence-corrected chi connectivity index (χ4v) is 5.92. The number of thiazole rings is 1. The molecule has 5 rings (SSSR count). The molecular weight excluding hydrogens is 566 g/mol. The van der Waals surface area contributed by atoms with E-state index in [1.54, 1.807) is 63.4 Å². The Hall–Kier alpha value is -5.14. The second-order valence-electron chi connectivity index (χ2n) is 9.55. The molecule has 3 aromatic carbocycles. The third-order valence-corrected chi connectivity index (χ3v) is 7.92. The van der Waals surface area contributed by atoms with Gasteiger partial charge in [0.05, 0.1) is 54.3 Å². The third-order valence-electron chi connectivity index (χ3n) is 6.93. The molecule has 1 aliphatic rings. The zero-order chi connectivity index (χ0) is 30.5. The normalized spacial score (nSPS) is 14.4. The van der Waals surface area contributed by atoms with Gasteiger partial charge in [-0.25, -0.2) is 9.79 Å². The summed E-state index contributed by atoms with van der Waals surface area (Å²) < 4.78 is 24.3. The van der Waals surface area contributed by atoms with Gasteiger partial charge in [0.2, 0.25) is 0 Å². The number of hydrogen-bond donors (Lipinski definition) is 0. The van der Waals surface area contributed by atoms with Gasteiger partial charge in [-0.1, -0.05) is 47.7 Å². The summed E-state index contributed by atoms with van der Waals surface area (Å²) in [6.07, 6.45) is 1.76. The van der Waals surface area contributed by atoms with E-state index in [4.69, 9.17) is 18.9 Å². The van der Waals surface area contributed by atoms with Crippen molar-refractivity contribution in [2.45, 2.75) is 26.5 Å². The van der Waals surface area contributed by atoms with Crippen LogP contribution in [0.25, 0.3) is 6.08 Å². The molecule has 0 fully saturated rings. The molecule has 0 saturated carbocycles. The topological polar surface area (TPSA) is 112 Å². The van der Waals surface area contributed by atoms with Gasteiger partial charge in [-0.3, -0.25) is 9.36 Å². The van der Waals surface area contributed by atoms with Crippen LogP contribution in [0.5, 0.6) is 17.2 Å². The summed E-state index contributed by atoms with van der Waals surface area (Å²) >= 11 is 1.23. The highest BCUT2D eigenvalue weighted by Crippen LogP contribution is 2.33. The minimum Gasteiger partial charge on any atom is -0.497 e. The van der Waals surface area contributed by atoms with Crippen LogP contribution in [0.15, 0.2) is 87.8 Å². The number of allylic oxidation sites excluding steroid dienone is 1. The number of rotatable bonds is 9. The Morgan fingerprint density at radius 3 is 2.63 bits per heavy atom. The van der Waals surface area contributed by atoms with Crippen molar-refractivity contribution in [2.75, 3.05) is 20.8 Å². The van der Waals surface area contributed by atoms with Crippen LogP contribution in [0.1, 0.15) is 42.1 Å². The van der Waals surface area contributed by atoms with Crippen molar-refractivity contribution in [2.24, 2.45) is 4.99 Å². The molecule has 0 bridgehead atoms. The molecule has 43 heavy (non-hydrogen) atoms. The molecule has 0 N–H and O–H groups in total. The summed E-state index contributed by atoms with van der Waals surface area (Å²) in [5, 5.41) is 9.36. The molecule has 1 aliphatic heterocycles. The van der Waals surface area contributed by atoms with Gasteiger partial charge in [-0.2, -0.15) is 5.26 Å². The molecule has 4 aromatic rings. The lowest BCUT2D eigenvalue weighted by molar-refractivity contribution is -0.139. The SMILES string of the molecule is CCOC(=O)C1=C(C)N=c2s/c(=C/c3ccc(OCc4ccccc4C#N)c(OC)c3)c(=O)n2[C@H]1c1cccc(OC)c1. The van der Waals surface area contributed by atoms with Crippen molar-refractivity contribution >= 4 is 23.4 Å². The molecular formula is C33H29N3O6S. The number of ether oxygens (including phenoxy) is 4. The van der Waals surface area contributed by atoms with Gasteiger partial charge < -0.3 is 18.9 Å². The maximum absolute atomic E-state index is 13.9. The minimum atomic E-state index is -0.742. The summed E-state index contributed by atoms with van der Waals surface area (Å²) in [6, 6.07) is 21.3. The molecule has 10 heteroatoms. The molecule has 218 valence electrons. The van der Waals surface area contributed by atoms with Crippen molar-refractivity contribution in [1.29, 1.82) is 5.26 Å². The smallest absolute Gasteiger partial charge is 0.338 e. The molecule has 0 aliphatic carbocycles. The van der Waals surface area contributed by atoms with E-state index in [-0.39, 0.29) is 18.8 Å². The first-order valence-corrected chi connectivity index (χ1v) is 14.3. The first kappa shape index (κ1) is 29.4. The number of methoxy groups -OCH3 is 2. The zero-order valence-corrected chi connectivity index (χ0v) is 24.9. The Labute approximate surface area is 252 Å². The van der Waals surface area contributed by atoms with Crippen molar-refractivity contribution in [3.63, 3.8) is 0 Å². The molecule has 0 saturated heterocycles. The number of esters is 1. The Morgan fingerprint density at radius 1 is 1.07 bits per heavy atom. The average molecular weight is 596 g/mol. The lowest BCUT2D eigenvalue weighted by Gasteiger charge is -2.25. The van der Waals surface area contributed by atoms with Gasteiger partial charge in [0.25, 0.3) is 5.56 Å². The van der Waals surface area contributed by atoms with Gasteiger partial charge in [0, 0.05) is 5.56 Å². The number of aromatic nitrogens is 1. The van der Waals surface area contributed by atoms with Crippen molar-refractivity contribution in [3.8, 4) is 23.3 Å². The predicted octanol–water partition coefficient (Wildman–Crippen LogP) is 4.27. The maximum Gasteiger partial charge on any atom is 0.338 e. The van der Waals surface area contributed by atoms with Crippen LogP contribution in [0.2, 0.25) is 0 Å². The second kappa shape index (κ2) is 12.8. The van der Waals surface area contributed by atoms with E-state index < -0.39 is 12.0 Å². The Balaban J connectivity index is 1.55. The highest BCUT2D eigenvalue weighted by Gasteiger charge is 2.33. The number of fused-ring (bicyclic) bond motifs is 1. The maximum atomic E-state index is 13.9. The fourth-order valence-electron chi connectivity index (χ4n) is 4.87. The largest absolute Gasteiger partial charge is 0.497 e. The first-order valence-electron chi connectivity index (χ1n) is 13.5. The molecule has 0 amide bonds. The predicted molar refractivity (Wildman–Crippen MR) is 162 cm³/mol. The van der Waals surface area contributed by atoms with Crippen LogP contribution >= 0.6 is 11.3 Å². The van der Waals surface area contributed by atoms with Gasteiger partial charge in [-0.15, -0.1) is 0 Å². The Kier molecular flexibility index (Phi) is 8.74. The van der Waals surface area contributed by atoms with Gasteiger partial charge in [0.1, 0.15) is 12.4 Å². The number of nitriles is 1. The van der Waals surface area contributed by atoms with Crippen LogP contribution in [0.4, 0.5) is 0 Å². The molecule has 0 spiro atoms. The number of nitrogens with zero attached hydrogens (tertiary/aromatic N) is 3. The first-order chi connectivity index (χ1) is 20.9. The lowest BCUT2D eigenvalue weighted by Crippen LogP contribution is -2.39. The summed E-state index contributed by atoms with van der Waals surface area (Å²) in [5.74, 6) is 1.05. The van der Waals surface area contributed by atoms with E-state index in [0.29, 0.717) is 54.5 Å². The molecule has 2 heterocycles. The number of benzene rings is 3. The van der Waals surface area contributed by atoms with Gasteiger partial charge in [0.15, 0.2) is 16.3 Å². The Morgan fingerprint density at radius 2 is 1.88 bits per heavy atom. The van der Waals surface area contributed by atoms with Crippen LogP contribution in [-0.2, 0) is 16.1 Å². The van der Waals surface area contributed by atoms with E-state index in [2.05, 4.69) is 11.1 Å². The zero-order valence-electron chi connectivity index (χ0n) is 24.1. The third kappa shape index (κ3) is 5.94. The standard InChI is InChI=1S/C33H29N3O6S/c1-5-41-32(38)29-20(2)35-33-36(30(29)22-11-8-12-25(17-22)39-3)31(37)28(43-33)16-21-13-14-26(27(15-21)40-4)42-19-24-10-7-6-9-23(24)18-34/h6-17,30H,5,19H2,1-4H3/b28-16+/t30-/m0/s1. The van der Waals surface area contributed by atoms with E-state index in [1.165, 1.54) is 23.0 Å². The van der Waals surface area contributed by atoms with Crippen molar-refractivity contribution in [1.82, 2.24) is 4.57 Å². The highest BCUT2D eigenvalue weighted by molar-refractivity contribution is 7.07. The van der Waals surface area contributed by atoms with Gasteiger partial charge >= 0.3 is 5.97 Å². The fraction of sp³-hybridized carbons (Fsp3) is 0.212. The van der Waals surface area contributed by atoms with Crippen LogP contribution in [0.3, 0.4) is 0 Å². The molecule has 1 atom stereocenters. The minimum absolute atomic E-state index is 0.192. The second-order valence-corrected chi connectivity index (χ2v) is 10.6. The molecule has 0 radical (unpaired) electrons. The van der Waals surface area contributed by atoms with E-state index >= 15 is 0 Å². The summed E-state index contributed by atoms with van der Waals surface area (Å²) in [4.78, 5) is 32.1. The number of carbonyl (C=O) groups is 1. The van der Waals surface area contributed by atoms with Crippen molar-refractivity contribution in [3.05, 3.63) is 120 Å². The molecule has 0 unspecified atom stereocenters. The Bertz CT molecular complexity index is 1950. The number of carbonyl (C=O) groups excluding carboxylic acids is 1. The van der Waals surface area contributed by atoms with E-state index in [0.717, 1.165) is 5.56 Å². The van der Waals surface area contributed by atoms with Gasteiger partial charge in [-0.05, 0) is 61.4 Å². The van der Waals surface area contributed by atoms with Crippen LogP contribution < -0.4 is 29.1 Å². The highest BCUT2D eigenvalue weighted by atomic mass is 32.1. The monoisotopic (exact) mass is 595 g/mol. The average Bonchev–Trinajstić information content (AvgIpc) is 3.33. The van der Waals surface area contributed by atoms with E-state index in [1.807, 2.05) is 30.3 Å². The summed E-state index contributed by atoms with van der Waals surface area (Å²) in [6.45, 7) is 3.87. The number of hydrogen-bond acceptors (Lipinski definition) is 9. The quantitative estimate of drug-likeness (QED) is 0.266. The van der Waals surface area contributed by atoms with E-state index in [9.17, 15) is 14.9 Å². The summed E-state index contributed by atoms with van der Waals surface area (Å²) in [5.41, 5.74) is 3.22.